The molecule has 0 aliphatic heterocycles. The number of aryl methyl sites for hydroxylation is 1. The summed E-state index contributed by atoms with van der Waals surface area (Å²) in [6, 6.07) is 55.9. The zero-order valence-electron chi connectivity index (χ0n) is 42.4. The molecule has 1 aliphatic rings. The molecule has 6 aromatic carbocycles. The third kappa shape index (κ3) is 10.4. The molecule has 361 valence electrons. The van der Waals surface area contributed by atoms with E-state index in [1.54, 1.807) is 16.2 Å². The molecule has 71 heavy (non-hydrogen) atoms. The van der Waals surface area contributed by atoms with Crippen molar-refractivity contribution in [1.82, 2.24) is 19.5 Å². The number of nitrogens with zero attached hydrogens (tertiary/aromatic N) is 4. The first kappa shape index (κ1) is 50.0. The number of para-hydroxylation sites is 2. The van der Waals surface area contributed by atoms with Crippen LogP contribution in [-0.4, -0.2) is 32.8 Å². The minimum atomic E-state index is -1.89. The normalized spacial score (nSPS) is 13.2. The van der Waals surface area contributed by atoms with Gasteiger partial charge in [-0.2, -0.15) is 0 Å². The number of furan rings is 1. The van der Waals surface area contributed by atoms with Crippen LogP contribution in [0.4, 0.5) is 0 Å². The van der Waals surface area contributed by atoms with E-state index in [0.29, 0.717) is 5.58 Å². The summed E-state index contributed by atoms with van der Waals surface area (Å²) in [5.41, 5.74) is 18.5. The van der Waals surface area contributed by atoms with E-state index in [4.69, 9.17) is 19.4 Å². The molecular weight excluding hydrogens is 1110 g/mol. The molecule has 0 unspecified atom stereocenters. The van der Waals surface area contributed by atoms with Crippen molar-refractivity contribution in [3.8, 4) is 50.6 Å². The third-order valence-corrected chi connectivity index (χ3v) is 18.6. The molecule has 0 atom stereocenters. The summed E-state index contributed by atoms with van der Waals surface area (Å²) < 4.78 is 10.7. The largest absolute Gasteiger partial charge is 0 e. The Morgan fingerprint density at radius 3 is 1.96 bits per heavy atom. The molecule has 10 aromatic rings. The van der Waals surface area contributed by atoms with Crippen molar-refractivity contribution in [2.24, 2.45) is 5.92 Å². The average molecular weight is 1170 g/mol. The van der Waals surface area contributed by atoms with E-state index in [0.717, 1.165) is 72.8 Å². The van der Waals surface area contributed by atoms with Crippen LogP contribution in [-0.2, 0) is 26.5 Å². The molecular formula is C64H64GeIrN4O-2. The van der Waals surface area contributed by atoms with Gasteiger partial charge in [0.15, 0.2) is 0 Å². The summed E-state index contributed by atoms with van der Waals surface area (Å²) in [4.78, 5) is 14.9. The molecule has 0 amide bonds. The first-order chi connectivity index (χ1) is 33.9. The van der Waals surface area contributed by atoms with E-state index in [2.05, 4.69) is 196 Å². The summed E-state index contributed by atoms with van der Waals surface area (Å²) in [5, 5.41) is 1.02. The van der Waals surface area contributed by atoms with Gasteiger partial charge in [0.1, 0.15) is 5.58 Å². The number of benzene rings is 6. The van der Waals surface area contributed by atoms with Crippen molar-refractivity contribution in [1.29, 1.82) is 0 Å². The van der Waals surface area contributed by atoms with Gasteiger partial charge in [0.05, 0.1) is 22.1 Å². The second kappa shape index (κ2) is 21.4. The fourth-order valence-electron chi connectivity index (χ4n) is 10.7. The molecule has 4 aromatic heterocycles. The fourth-order valence-corrected chi connectivity index (χ4v) is 14.0. The molecule has 1 fully saturated rings. The van der Waals surface area contributed by atoms with Crippen molar-refractivity contribution in [3.05, 3.63) is 186 Å². The Bertz CT molecular complexity index is 3410. The molecule has 1 aliphatic carbocycles. The van der Waals surface area contributed by atoms with Gasteiger partial charge in [0.25, 0.3) is 0 Å². The molecule has 0 bridgehead atoms. The number of fused-ring (bicyclic) bond motifs is 4. The number of hydrogen-bond donors (Lipinski definition) is 0. The number of rotatable bonds is 10. The van der Waals surface area contributed by atoms with Crippen molar-refractivity contribution in [2.75, 3.05) is 0 Å². The Morgan fingerprint density at radius 2 is 1.32 bits per heavy atom. The Balaban J connectivity index is 0.000000219. The molecule has 1 saturated carbocycles. The SMILES string of the molecule is Cc1cc(-c2ccccc2)cc2oc3c(-c4nc5ccccc5n4-c4c(C(C)C)cc(-c5ccccc5)cc4C(C)C)[c-]cnc3c12.[CH3][Ge]([CH3])([CH3])[c]1cnc(-c2[c-]cccc2)cc1CC1CCCCC1.[Ir]. The Morgan fingerprint density at radius 1 is 0.690 bits per heavy atom. The van der Waals surface area contributed by atoms with Gasteiger partial charge >= 0.3 is 144 Å². The Labute approximate surface area is 436 Å². The second-order valence-corrected chi connectivity index (χ2v) is 31.6. The smallest absolute Gasteiger partial charge is 0 e. The predicted molar refractivity (Wildman–Crippen MR) is 296 cm³/mol. The summed E-state index contributed by atoms with van der Waals surface area (Å²) in [6.45, 7) is 11.2. The van der Waals surface area contributed by atoms with Gasteiger partial charge in [-0.1, -0.05) is 107 Å². The van der Waals surface area contributed by atoms with Gasteiger partial charge in [0.2, 0.25) is 0 Å². The summed E-state index contributed by atoms with van der Waals surface area (Å²) in [6.07, 6.45) is 12.3. The van der Waals surface area contributed by atoms with Crippen LogP contribution in [0.1, 0.15) is 93.9 Å². The maximum absolute atomic E-state index is 6.75. The minimum absolute atomic E-state index is 0. The zero-order valence-corrected chi connectivity index (χ0v) is 46.9. The van der Waals surface area contributed by atoms with Crippen LogP contribution in [0.15, 0.2) is 156 Å². The van der Waals surface area contributed by atoms with E-state index in [1.807, 2.05) is 18.2 Å². The van der Waals surface area contributed by atoms with Crippen molar-refractivity contribution in [3.63, 3.8) is 0 Å². The van der Waals surface area contributed by atoms with Gasteiger partial charge in [-0.15, -0.1) is 11.6 Å². The van der Waals surface area contributed by atoms with Crippen LogP contribution in [0.25, 0.3) is 83.7 Å². The maximum Gasteiger partial charge on any atom is 0 e. The quantitative estimate of drug-likeness (QED) is 0.101. The van der Waals surface area contributed by atoms with E-state index < -0.39 is 13.3 Å². The average Bonchev–Trinajstić information content (AvgIpc) is 3.96. The van der Waals surface area contributed by atoms with E-state index in [9.17, 15) is 0 Å². The Kier molecular flexibility index (Phi) is 15.1. The van der Waals surface area contributed by atoms with Crippen LogP contribution in [0.5, 0.6) is 0 Å². The van der Waals surface area contributed by atoms with Crippen molar-refractivity contribution < 1.29 is 24.5 Å². The van der Waals surface area contributed by atoms with E-state index >= 15 is 0 Å². The van der Waals surface area contributed by atoms with Gasteiger partial charge < -0.3 is 8.98 Å². The number of imidazole rings is 1. The molecule has 0 N–H and O–H groups in total. The van der Waals surface area contributed by atoms with Crippen molar-refractivity contribution in [2.45, 2.75) is 102 Å². The summed E-state index contributed by atoms with van der Waals surface area (Å²) in [7, 11) is 0. The topological polar surface area (TPSA) is 56.7 Å². The van der Waals surface area contributed by atoms with Crippen LogP contribution in [0.2, 0.25) is 17.3 Å². The monoisotopic (exact) mass is 1170 g/mol. The molecule has 5 nitrogen and oxygen atoms in total. The number of aromatic nitrogens is 4. The van der Waals surface area contributed by atoms with Crippen LogP contribution in [0, 0.1) is 25.0 Å². The fraction of sp³-hybridized carbons (Fsp3) is 0.266. The molecule has 0 saturated heterocycles. The zero-order chi connectivity index (χ0) is 48.5. The van der Waals surface area contributed by atoms with Gasteiger partial charge in [-0.3, -0.25) is 9.97 Å². The molecule has 4 heterocycles. The van der Waals surface area contributed by atoms with Gasteiger partial charge in [-0.05, 0) is 94.2 Å². The van der Waals surface area contributed by atoms with Crippen LogP contribution < -0.4 is 4.40 Å². The minimum Gasteiger partial charge on any atom is 0 e. The molecule has 11 rings (SSSR count). The maximum atomic E-state index is 6.75. The third-order valence-electron chi connectivity index (χ3n) is 14.2. The second-order valence-electron chi connectivity index (χ2n) is 21.0. The summed E-state index contributed by atoms with van der Waals surface area (Å²) >= 11 is -1.89. The summed E-state index contributed by atoms with van der Waals surface area (Å²) in [5.74, 6) is 9.66. The van der Waals surface area contributed by atoms with Gasteiger partial charge in [-0.25, -0.2) is 0 Å². The first-order valence-electron chi connectivity index (χ1n) is 25.4. The van der Waals surface area contributed by atoms with Crippen LogP contribution in [0.3, 0.4) is 0 Å². The van der Waals surface area contributed by atoms with E-state index in [-0.39, 0.29) is 31.9 Å². The van der Waals surface area contributed by atoms with Crippen molar-refractivity contribution >= 4 is 50.8 Å². The molecule has 1 radical (unpaired) electrons. The number of hydrogen-bond acceptors (Lipinski definition) is 4. The van der Waals surface area contributed by atoms with Gasteiger partial charge in [0, 0.05) is 37.0 Å². The van der Waals surface area contributed by atoms with Crippen LogP contribution >= 0.6 is 0 Å². The Hall–Kier alpha value is -5.92. The predicted octanol–water partition coefficient (Wildman–Crippen LogP) is 16.9. The standard InChI is InChI=1S/C43H36N3O.C21H28GeN.Ir/c1-26(2)34-23-32(30-16-10-7-11-17-30)24-35(27(3)4)41(34)46-37-19-13-12-18-36(37)45-43(46)33-20-21-44-40-39-28(5)22-31(25-38(39)47-42(33)40)29-14-8-6-9-15-29;1-22(2,3)20-16-23-21(18-12-8-5-9-13-18)15-19(20)14-17-10-6-4-7-11-17;/h6-19,21-27H,1-5H3;5,8-9,12,15-17H,4,6-7,10-11,14H2,1-3H3;/q2*-1;. The van der Waals surface area contributed by atoms with E-state index in [1.165, 1.54) is 66.5 Å². The molecule has 0 spiro atoms. The number of pyridine rings is 2. The first-order valence-corrected chi connectivity index (χ1v) is 32.7. The molecule has 7 heteroatoms.